The Bertz CT molecular complexity index is 1080. The number of hydrogen-bond donors (Lipinski definition) is 0. The van der Waals surface area contributed by atoms with Gasteiger partial charge in [0, 0.05) is 29.6 Å². The van der Waals surface area contributed by atoms with Gasteiger partial charge in [-0.1, -0.05) is 35.0 Å². The van der Waals surface area contributed by atoms with Crippen molar-refractivity contribution in [2.24, 2.45) is 0 Å². The van der Waals surface area contributed by atoms with E-state index < -0.39 is 10.0 Å². The Morgan fingerprint density at radius 2 is 1.82 bits per heavy atom. The number of aryl methyl sites for hydroxylation is 1. The van der Waals surface area contributed by atoms with Crippen molar-refractivity contribution in [1.82, 2.24) is 14.4 Å². The average molecular weight is 418 g/mol. The Hall–Kier alpha value is -2.22. The number of nitrogens with zero attached hydrogens (tertiary/aromatic N) is 3. The second-order valence-corrected chi connectivity index (χ2v) is 9.25. The number of halogens is 1. The fourth-order valence-electron chi connectivity index (χ4n) is 3.49. The lowest BCUT2D eigenvalue weighted by molar-refractivity contribution is 0.307. The lowest BCUT2D eigenvalue weighted by atomic mass is 9.97. The van der Waals surface area contributed by atoms with Crippen molar-refractivity contribution in [1.29, 1.82) is 0 Å². The second kappa shape index (κ2) is 7.66. The summed E-state index contributed by atoms with van der Waals surface area (Å²) in [6.45, 7) is 2.60. The molecule has 2 aromatic carbocycles. The van der Waals surface area contributed by atoms with E-state index in [1.165, 1.54) is 4.31 Å². The maximum absolute atomic E-state index is 13.0. The Kier molecular flexibility index (Phi) is 5.23. The third-order valence-corrected chi connectivity index (χ3v) is 7.33. The molecular weight excluding hydrogens is 398 g/mol. The molecule has 0 spiro atoms. The van der Waals surface area contributed by atoms with Crippen molar-refractivity contribution in [3.05, 3.63) is 64.9 Å². The molecule has 1 aliphatic heterocycles. The van der Waals surface area contributed by atoms with Gasteiger partial charge in [-0.25, -0.2) is 8.42 Å². The summed E-state index contributed by atoms with van der Waals surface area (Å²) < 4.78 is 32.9. The molecule has 0 radical (unpaired) electrons. The van der Waals surface area contributed by atoms with Crippen molar-refractivity contribution in [2.75, 3.05) is 13.1 Å². The van der Waals surface area contributed by atoms with Crippen LogP contribution >= 0.6 is 11.6 Å². The van der Waals surface area contributed by atoms with Gasteiger partial charge in [0.2, 0.25) is 10.0 Å². The van der Waals surface area contributed by atoms with Gasteiger partial charge in [-0.05, 0) is 55.7 Å². The van der Waals surface area contributed by atoms with Gasteiger partial charge < -0.3 is 4.52 Å². The SMILES string of the molecule is Cc1cc(Cl)ccc1S(=O)(=O)N1CCC(c2noc(-c3ccccc3)n2)CC1. The molecule has 1 fully saturated rings. The lowest BCUT2D eigenvalue weighted by Gasteiger charge is -2.30. The predicted octanol–water partition coefficient (Wildman–Crippen LogP) is 4.27. The normalized spacial score (nSPS) is 16.4. The number of hydrogen-bond acceptors (Lipinski definition) is 5. The van der Waals surface area contributed by atoms with Crippen molar-refractivity contribution in [3.8, 4) is 11.5 Å². The molecule has 2 heterocycles. The van der Waals surface area contributed by atoms with Crippen molar-refractivity contribution in [3.63, 3.8) is 0 Å². The van der Waals surface area contributed by atoms with E-state index in [1.54, 1.807) is 25.1 Å². The zero-order valence-corrected chi connectivity index (χ0v) is 16.9. The number of rotatable bonds is 4. The zero-order valence-electron chi connectivity index (χ0n) is 15.4. The minimum atomic E-state index is -3.54. The molecule has 8 heteroatoms. The summed E-state index contributed by atoms with van der Waals surface area (Å²) in [6.07, 6.45) is 1.30. The van der Waals surface area contributed by atoms with Crippen LogP contribution in [0.1, 0.15) is 30.1 Å². The Labute approximate surface area is 169 Å². The van der Waals surface area contributed by atoms with Crippen molar-refractivity contribution < 1.29 is 12.9 Å². The lowest BCUT2D eigenvalue weighted by Crippen LogP contribution is -2.38. The van der Waals surface area contributed by atoms with Crippen LogP contribution in [0.2, 0.25) is 5.02 Å². The molecule has 0 amide bonds. The number of piperidine rings is 1. The van der Waals surface area contributed by atoms with Gasteiger partial charge in [0.1, 0.15) is 0 Å². The summed E-state index contributed by atoms with van der Waals surface area (Å²) >= 11 is 5.95. The van der Waals surface area contributed by atoms with Crippen LogP contribution in [0.3, 0.4) is 0 Å². The van der Waals surface area contributed by atoms with Crippen molar-refractivity contribution >= 4 is 21.6 Å². The summed E-state index contributed by atoms with van der Waals surface area (Å²) in [7, 11) is -3.54. The molecule has 0 aliphatic carbocycles. The van der Waals surface area contributed by atoms with Crippen LogP contribution in [0.15, 0.2) is 57.9 Å². The van der Waals surface area contributed by atoms with Crippen LogP contribution in [-0.4, -0.2) is 36.0 Å². The summed E-state index contributed by atoms with van der Waals surface area (Å²) in [4.78, 5) is 4.82. The first-order valence-corrected chi connectivity index (χ1v) is 10.9. The molecule has 0 saturated carbocycles. The molecule has 1 aromatic heterocycles. The van der Waals surface area contributed by atoms with E-state index in [0.717, 1.165) is 5.56 Å². The molecule has 0 unspecified atom stereocenters. The van der Waals surface area contributed by atoms with E-state index >= 15 is 0 Å². The highest BCUT2D eigenvalue weighted by atomic mass is 35.5. The van der Waals surface area contributed by atoms with Gasteiger partial charge in [0.15, 0.2) is 5.82 Å². The summed E-state index contributed by atoms with van der Waals surface area (Å²) in [5.74, 6) is 1.21. The van der Waals surface area contributed by atoms with Gasteiger partial charge in [0.25, 0.3) is 5.89 Å². The molecule has 3 aromatic rings. The first-order valence-electron chi connectivity index (χ1n) is 9.10. The number of sulfonamides is 1. The summed E-state index contributed by atoms with van der Waals surface area (Å²) in [6, 6.07) is 14.5. The molecule has 0 N–H and O–H groups in total. The van der Waals surface area contributed by atoms with Gasteiger partial charge in [0.05, 0.1) is 4.90 Å². The van der Waals surface area contributed by atoms with Crippen LogP contribution in [0.25, 0.3) is 11.5 Å². The van der Waals surface area contributed by atoms with Crippen LogP contribution in [-0.2, 0) is 10.0 Å². The summed E-state index contributed by atoms with van der Waals surface area (Å²) in [5.41, 5.74) is 1.53. The van der Waals surface area contributed by atoms with E-state index in [2.05, 4.69) is 10.1 Å². The molecule has 146 valence electrons. The standard InChI is InChI=1S/C20H20ClN3O3S/c1-14-13-17(21)7-8-18(14)28(25,26)24-11-9-15(10-12-24)19-22-20(27-23-19)16-5-3-2-4-6-16/h2-8,13,15H,9-12H2,1H3. The molecule has 0 bridgehead atoms. The average Bonchev–Trinajstić information content (AvgIpc) is 3.19. The minimum absolute atomic E-state index is 0.0824. The first kappa shape index (κ1) is 19.1. The minimum Gasteiger partial charge on any atom is -0.334 e. The van der Waals surface area contributed by atoms with Crippen LogP contribution < -0.4 is 0 Å². The zero-order chi connectivity index (χ0) is 19.7. The molecule has 1 saturated heterocycles. The maximum atomic E-state index is 13.0. The van der Waals surface area contributed by atoms with Crippen LogP contribution in [0.5, 0.6) is 0 Å². The van der Waals surface area contributed by atoms with Gasteiger partial charge in [-0.3, -0.25) is 0 Å². The van der Waals surface area contributed by atoms with Crippen LogP contribution in [0.4, 0.5) is 0 Å². The van der Waals surface area contributed by atoms with E-state index in [0.29, 0.717) is 53.1 Å². The fraction of sp³-hybridized carbons (Fsp3) is 0.300. The Morgan fingerprint density at radius 1 is 1.11 bits per heavy atom. The monoisotopic (exact) mass is 417 g/mol. The summed E-state index contributed by atoms with van der Waals surface area (Å²) in [5, 5.41) is 4.65. The van der Waals surface area contributed by atoms with Crippen LogP contribution in [0, 0.1) is 6.92 Å². The topological polar surface area (TPSA) is 76.3 Å². The Morgan fingerprint density at radius 3 is 2.50 bits per heavy atom. The molecule has 0 atom stereocenters. The predicted molar refractivity (Wildman–Crippen MR) is 107 cm³/mol. The number of aromatic nitrogens is 2. The Balaban J connectivity index is 1.47. The highest BCUT2D eigenvalue weighted by molar-refractivity contribution is 7.89. The van der Waals surface area contributed by atoms with Gasteiger partial charge >= 0.3 is 0 Å². The smallest absolute Gasteiger partial charge is 0.257 e. The van der Waals surface area contributed by atoms with E-state index in [9.17, 15) is 8.42 Å². The highest BCUT2D eigenvalue weighted by Gasteiger charge is 2.32. The highest BCUT2D eigenvalue weighted by Crippen LogP contribution is 2.31. The largest absolute Gasteiger partial charge is 0.334 e. The maximum Gasteiger partial charge on any atom is 0.257 e. The molecular formula is C20H20ClN3O3S. The second-order valence-electron chi connectivity index (χ2n) is 6.91. The quantitative estimate of drug-likeness (QED) is 0.633. The molecule has 1 aliphatic rings. The number of benzene rings is 2. The van der Waals surface area contributed by atoms with Gasteiger partial charge in [-0.2, -0.15) is 9.29 Å². The fourth-order valence-corrected chi connectivity index (χ4v) is 5.40. The molecule has 4 rings (SSSR count). The third-order valence-electron chi connectivity index (χ3n) is 5.04. The van der Waals surface area contributed by atoms with Crippen molar-refractivity contribution in [2.45, 2.75) is 30.6 Å². The van der Waals surface area contributed by atoms with E-state index in [-0.39, 0.29) is 5.92 Å². The third kappa shape index (κ3) is 3.70. The van der Waals surface area contributed by atoms with E-state index in [4.69, 9.17) is 16.1 Å². The first-order chi connectivity index (χ1) is 13.4. The van der Waals surface area contributed by atoms with E-state index in [1.807, 2.05) is 30.3 Å². The molecule has 6 nitrogen and oxygen atoms in total. The molecule has 28 heavy (non-hydrogen) atoms. The van der Waals surface area contributed by atoms with Gasteiger partial charge in [-0.15, -0.1) is 0 Å².